The molecule has 0 spiro atoms. The lowest BCUT2D eigenvalue weighted by Gasteiger charge is -2.10. The van der Waals surface area contributed by atoms with Crippen molar-refractivity contribution in [2.75, 3.05) is 37.4 Å². The Balaban J connectivity index is 1.66. The highest BCUT2D eigenvalue weighted by molar-refractivity contribution is 7.99. The van der Waals surface area contributed by atoms with Crippen LogP contribution in [0, 0.1) is 0 Å². The normalized spacial score (nSPS) is 11.1. The van der Waals surface area contributed by atoms with E-state index in [2.05, 4.69) is 27.6 Å². The van der Waals surface area contributed by atoms with E-state index in [9.17, 15) is 4.79 Å². The van der Waals surface area contributed by atoms with Gasteiger partial charge in [0, 0.05) is 30.3 Å². The fourth-order valence-corrected chi connectivity index (χ4v) is 4.21. The van der Waals surface area contributed by atoms with Crippen LogP contribution in [0.4, 0.5) is 5.82 Å². The molecule has 0 saturated carbocycles. The molecule has 0 aliphatic carbocycles. The Kier molecular flexibility index (Phi) is 8.91. The Morgan fingerprint density at radius 2 is 2.20 bits per heavy atom. The van der Waals surface area contributed by atoms with Crippen molar-refractivity contribution in [3.8, 4) is 0 Å². The van der Waals surface area contributed by atoms with E-state index in [0.717, 1.165) is 39.1 Å². The maximum atomic E-state index is 12.1. The van der Waals surface area contributed by atoms with Crippen LogP contribution in [0.1, 0.15) is 25.1 Å². The molecule has 0 aliphatic heterocycles. The van der Waals surface area contributed by atoms with Crippen LogP contribution >= 0.6 is 23.1 Å². The molecule has 0 radical (unpaired) electrons. The first-order chi connectivity index (χ1) is 14.7. The van der Waals surface area contributed by atoms with Gasteiger partial charge in [0.25, 0.3) is 0 Å². The maximum Gasteiger partial charge on any atom is 0.225 e. The summed E-state index contributed by atoms with van der Waals surface area (Å²) in [5.74, 6) is 1.74. The number of rotatable bonds is 13. The Morgan fingerprint density at radius 1 is 1.30 bits per heavy atom. The van der Waals surface area contributed by atoms with E-state index in [0.29, 0.717) is 39.3 Å². The molecule has 0 atom stereocenters. The van der Waals surface area contributed by atoms with E-state index in [-0.39, 0.29) is 5.91 Å². The van der Waals surface area contributed by atoms with Gasteiger partial charge in [0.2, 0.25) is 5.91 Å². The Morgan fingerprint density at radius 3 is 2.97 bits per heavy atom. The largest absolute Gasteiger partial charge is 0.380 e. The summed E-state index contributed by atoms with van der Waals surface area (Å²) < 4.78 is 7.23. The summed E-state index contributed by atoms with van der Waals surface area (Å²) in [7, 11) is 0. The second-order valence-corrected chi connectivity index (χ2v) is 8.63. The Labute approximate surface area is 184 Å². The summed E-state index contributed by atoms with van der Waals surface area (Å²) in [6.45, 7) is 7.13. The SMILES string of the molecule is CCCSc1nc(NCCOCC)c2cnn(CCNC(=O)Cc3cccs3)c2n1. The minimum atomic E-state index is 0.0148. The highest BCUT2D eigenvalue weighted by Crippen LogP contribution is 2.24. The molecule has 2 N–H and O–H groups in total. The van der Waals surface area contributed by atoms with Gasteiger partial charge in [-0.25, -0.2) is 14.6 Å². The number of carbonyl (C=O) groups is 1. The summed E-state index contributed by atoms with van der Waals surface area (Å²) in [5.41, 5.74) is 0.773. The van der Waals surface area contributed by atoms with Gasteiger partial charge in [-0.3, -0.25) is 4.79 Å². The zero-order chi connectivity index (χ0) is 21.2. The van der Waals surface area contributed by atoms with E-state index in [1.54, 1.807) is 29.3 Å². The second kappa shape index (κ2) is 11.9. The number of fused-ring (bicyclic) bond motifs is 1. The standard InChI is InChI=1S/C20H28N6O2S2/c1-3-11-30-20-24-18(22-8-10-28-4-2)16-14-23-26(19(16)25-20)9-7-21-17(27)13-15-6-5-12-29-15/h5-6,12,14H,3-4,7-11,13H2,1-2H3,(H,21,27)(H,22,24,25). The van der Waals surface area contributed by atoms with Crippen LogP contribution in [-0.2, 0) is 22.5 Å². The van der Waals surface area contributed by atoms with Crippen molar-refractivity contribution in [2.45, 2.75) is 38.4 Å². The molecule has 10 heteroatoms. The first-order valence-electron chi connectivity index (χ1n) is 10.2. The third-order valence-corrected chi connectivity index (χ3v) is 6.14. The average molecular weight is 449 g/mol. The average Bonchev–Trinajstić information content (AvgIpc) is 3.40. The molecule has 8 nitrogen and oxygen atoms in total. The lowest BCUT2D eigenvalue weighted by atomic mass is 10.3. The summed E-state index contributed by atoms with van der Waals surface area (Å²) in [4.78, 5) is 22.5. The highest BCUT2D eigenvalue weighted by Gasteiger charge is 2.13. The van der Waals surface area contributed by atoms with E-state index in [1.165, 1.54) is 0 Å². The highest BCUT2D eigenvalue weighted by atomic mass is 32.2. The molecule has 3 rings (SSSR count). The molecule has 0 bridgehead atoms. The number of ether oxygens (including phenoxy) is 1. The second-order valence-electron chi connectivity index (χ2n) is 6.54. The predicted octanol–water partition coefficient (Wildman–Crippen LogP) is 3.20. The number of anilines is 1. The fraction of sp³-hybridized carbons (Fsp3) is 0.500. The number of hydrogen-bond acceptors (Lipinski definition) is 8. The molecule has 0 aromatic carbocycles. The molecule has 3 aromatic rings. The number of thioether (sulfide) groups is 1. The van der Waals surface area contributed by atoms with Crippen molar-refractivity contribution in [2.24, 2.45) is 0 Å². The quantitative estimate of drug-likeness (QED) is 0.236. The number of aromatic nitrogens is 4. The summed E-state index contributed by atoms with van der Waals surface area (Å²) >= 11 is 3.22. The molecule has 0 fully saturated rings. The molecular formula is C20H28N6O2S2. The van der Waals surface area contributed by atoms with Gasteiger partial charge in [-0.1, -0.05) is 24.8 Å². The minimum Gasteiger partial charge on any atom is -0.380 e. The number of nitrogens with zero attached hydrogens (tertiary/aromatic N) is 4. The molecule has 3 aromatic heterocycles. The van der Waals surface area contributed by atoms with Gasteiger partial charge in [0.15, 0.2) is 10.8 Å². The lowest BCUT2D eigenvalue weighted by Crippen LogP contribution is -2.28. The Bertz CT molecular complexity index is 929. The van der Waals surface area contributed by atoms with Crippen LogP contribution in [0.2, 0.25) is 0 Å². The van der Waals surface area contributed by atoms with Crippen molar-refractivity contribution in [1.29, 1.82) is 0 Å². The molecule has 30 heavy (non-hydrogen) atoms. The lowest BCUT2D eigenvalue weighted by molar-refractivity contribution is -0.120. The van der Waals surface area contributed by atoms with Crippen LogP contribution in [-0.4, -0.2) is 57.7 Å². The van der Waals surface area contributed by atoms with Crippen LogP contribution in [0.15, 0.2) is 28.9 Å². The van der Waals surface area contributed by atoms with Gasteiger partial charge in [-0.15, -0.1) is 11.3 Å². The smallest absolute Gasteiger partial charge is 0.225 e. The van der Waals surface area contributed by atoms with Crippen molar-refractivity contribution < 1.29 is 9.53 Å². The predicted molar refractivity (Wildman–Crippen MR) is 122 cm³/mol. The maximum absolute atomic E-state index is 12.1. The monoisotopic (exact) mass is 448 g/mol. The number of hydrogen-bond donors (Lipinski definition) is 2. The summed E-state index contributed by atoms with van der Waals surface area (Å²) in [6.07, 6.45) is 3.24. The molecular weight excluding hydrogens is 420 g/mol. The first-order valence-corrected chi connectivity index (χ1v) is 12.0. The molecule has 0 unspecified atom stereocenters. The zero-order valence-corrected chi connectivity index (χ0v) is 19.0. The van der Waals surface area contributed by atoms with Crippen molar-refractivity contribution >= 4 is 45.9 Å². The third-order valence-electron chi connectivity index (χ3n) is 4.21. The van der Waals surface area contributed by atoms with Crippen LogP contribution < -0.4 is 10.6 Å². The topological polar surface area (TPSA) is 94.0 Å². The van der Waals surface area contributed by atoms with Crippen molar-refractivity contribution in [3.63, 3.8) is 0 Å². The van der Waals surface area contributed by atoms with Gasteiger partial charge < -0.3 is 15.4 Å². The van der Waals surface area contributed by atoms with E-state index < -0.39 is 0 Å². The first kappa shape index (κ1) is 22.5. The molecule has 162 valence electrons. The van der Waals surface area contributed by atoms with Crippen LogP contribution in [0.5, 0.6) is 0 Å². The number of carbonyl (C=O) groups excluding carboxylic acids is 1. The Hall–Kier alpha value is -2.17. The van der Waals surface area contributed by atoms with Crippen LogP contribution in [0.3, 0.4) is 0 Å². The molecule has 0 aliphatic rings. The van der Waals surface area contributed by atoms with Gasteiger partial charge >= 0.3 is 0 Å². The minimum absolute atomic E-state index is 0.0148. The molecule has 1 amide bonds. The van der Waals surface area contributed by atoms with E-state index in [4.69, 9.17) is 9.72 Å². The van der Waals surface area contributed by atoms with E-state index in [1.807, 2.05) is 29.1 Å². The number of thiophene rings is 1. The number of nitrogens with one attached hydrogen (secondary N) is 2. The summed E-state index contributed by atoms with van der Waals surface area (Å²) in [6, 6.07) is 3.93. The molecule has 3 heterocycles. The number of amides is 1. The zero-order valence-electron chi connectivity index (χ0n) is 17.4. The van der Waals surface area contributed by atoms with Gasteiger partial charge in [0.1, 0.15) is 5.82 Å². The van der Waals surface area contributed by atoms with Crippen molar-refractivity contribution in [3.05, 3.63) is 28.6 Å². The van der Waals surface area contributed by atoms with Gasteiger partial charge in [0.05, 0.1) is 31.2 Å². The van der Waals surface area contributed by atoms with Crippen LogP contribution in [0.25, 0.3) is 11.0 Å². The molecule has 0 saturated heterocycles. The van der Waals surface area contributed by atoms with Crippen molar-refractivity contribution in [1.82, 2.24) is 25.1 Å². The summed E-state index contributed by atoms with van der Waals surface area (Å²) in [5, 5.41) is 14.4. The van der Waals surface area contributed by atoms with Gasteiger partial charge in [-0.05, 0) is 24.8 Å². The van der Waals surface area contributed by atoms with Gasteiger partial charge in [-0.2, -0.15) is 5.10 Å². The third kappa shape index (κ3) is 6.41. The fourth-order valence-electron chi connectivity index (χ4n) is 2.81. The van der Waals surface area contributed by atoms with E-state index >= 15 is 0 Å².